The number of hydrogen-bond donors (Lipinski definition) is 1. The Kier molecular flexibility index (Phi) is 7.31. The molecule has 0 radical (unpaired) electrons. The highest BCUT2D eigenvalue weighted by molar-refractivity contribution is 7.98. The van der Waals surface area contributed by atoms with Gasteiger partial charge in [0, 0.05) is 19.8 Å². The van der Waals surface area contributed by atoms with Gasteiger partial charge < -0.3 is 14.5 Å². The predicted octanol–water partition coefficient (Wildman–Crippen LogP) is 3.25. The molecule has 3 nitrogen and oxygen atoms in total. The van der Waals surface area contributed by atoms with E-state index < -0.39 is 5.76 Å². The van der Waals surface area contributed by atoms with Crippen LogP contribution in [-0.4, -0.2) is 25.5 Å². The average Bonchev–Trinajstić information content (AvgIpc) is 2.79. The second-order valence-corrected chi connectivity index (χ2v) is 4.98. The molecule has 0 spiro atoms. The van der Waals surface area contributed by atoms with Crippen LogP contribution in [0.1, 0.15) is 24.9 Å². The lowest BCUT2D eigenvalue weighted by atomic mass is 10.2. The minimum Gasteiger partial charge on any atom is -0.464 e. The van der Waals surface area contributed by atoms with E-state index in [-0.39, 0.29) is 5.75 Å². The Hall–Kier alpha value is -0.590. The number of halogens is 2. The molecule has 104 valence electrons. The minimum absolute atomic E-state index is 0.205. The van der Waals surface area contributed by atoms with Crippen molar-refractivity contribution in [2.75, 3.05) is 13.7 Å². The highest BCUT2D eigenvalue weighted by atomic mass is 32.2. The van der Waals surface area contributed by atoms with Crippen molar-refractivity contribution in [3.63, 3.8) is 0 Å². The lowest BCUT2D eigenvalue weighted by molar-refractivity contribution is 0.184. The SMILES string of the molecule is COCCC(C)NCc1ccc(CSC(F)F)o1. The summed E-state index contributed by atoms with van der Waals surface area (Å²) in [5.74, 6) is -0.798. The summed E-state index contributed by atoms with van der Waals surface area (Å²) in [6.07, 6.45) is 0.922. The topological polar surface area (TPSA) is 34.4 Å². The first-order valence-corrected chi connectivity index (χ1v) is 6.86. The monoisotopic (exact) mass is 279 g/mol. The van der Waals surface area contributed by atoms with Crippen molar-refractivity contribution in [3.05, 3.63) is 23.7 Å². The predicted molar refractivity (Wildman–Crippen MR) is 68.8 cm³/mol. The van der Waals surface area contributed by atoms with Crippen LogP contribution in [0.15, 0.2) is 16.5 Å². The van der Waals surface area contributed by atoms with Gasteiger partial charge in [-0.1, -0.05) is 11.8 Å². The first-order chi connectivity index (χ1) is 8.61. The van der Waals surface area contributed by atoms with Crippen LogP contribution in [0.3, 0.4) is 0 Å². The van der Waals surface area contributed by atoms with Crippen LogP contribution in [0.4, 0.5) is 8.78 Å². The Morgan fingerprint density at radius 3 is 2.78 bits per heavy atom. The van der Waals surface area contributed by atoms with Crippen LogP contribution in [0.5, 0.6) is 0 Å². The lowest BCUT2D eigenvalue weighted by Crippen LogP contribution is -2.26. The van der Waals surface area contributed by atoms with Gasteiger partial charge in [-0.25, -0.2) is 0 Å². The summed E-state index contributed by atoms with van der Waals surface area (Å²) in [5.41, 5.74) is 0. The van der Waals surface area contributed by atoms with Crippen LogP contribution < -0.4 is 5.32 Å². The maximum absolute atomic E-state index is 12.0. The molecule has 1 aromatic rings. The highest BCUT2D eigenvalue weighted by Gasteiger charge is 2.08. The number of hydrogen-bond acceptors (Lipinski definition) is 4. The summed E-state index contributed by atoms with van der Waals surface area (Å²) in [6.45, 7) is 3.38. The molecule has 1 aromatic heterocycles. The van der Waals surface area contributed by atoms with E-state index in [1.54, 1.807) is 13.2 Å². The van der Waals surface area contributed by atoms with Crippen molar-refractivity contribution < 1.29 is 17.9 Å². The fraction of sp³-hybridized carbons (Fsp3) is 0.667. The van der Waals surface area contributed by atoms with Gasteiger partial charge in [-0.3, -0.25) is 0 Å². The zero-order valence-corrected chi connectivity index (χ0v) is 11.4. The molecule has 6 heteroatoms. The van der Waals surface area contributed by atoms with Crippen LogP contribution in [0, 0.1) is 0 Å². The zero-order chi connectivity index (χ0) is 13.4. The Bertz CT molecular complexity index is 334. The van der Waals surface area contributed by atoms with Gasteiger partial charge >= 0.3 is 0 Å². The van der Waals surface area contributed by atoms with Gasteiger partial charge in [0.25, 0.3) is 5.76 Å². The third-order valence-corrected chi connectivity index (χ3v) is 3.15. The maximum Gasteiger partial charge on any atom is 0.284 e. The molecule has 1 N–H and O–H groups in total. The molecular formula is C12H19F2NO2S. The third kappa shape index (κ3) is 6.37. The first kappa shape index (κ1) is 15.5. The Labute approximate surface area is 110 Å². The Balaban J connectivity index is 2.26. The number of furan rings is 1. The van der Waals surface area contributed by atoms with Gasteiger partial charge in [-0.2, -0.15) is 8.78 Å². The molecule has 1 rings (SSSR count). The number of nitrogens with one attached hydrogen (secondary N) is 1. The van der Waals surface area contributed by atoms with Crippen LogP contribution >= 0.6 is 11.8 Å². The van der Waals surface area contributed by atoms with Gasteiger partial charge in [-0.05, 0) is 25.5 Å². The molecule has 0 aliphatic heterocycles. The molecule has 0 amide bonds. The largest absolute Gasteiger partial charge is 0.464 e. The lowest BCUT2D eigenvalue weighted by Gasteiger charge is -2.11. The quantitative estimate of drug-likeness (QED) is 0.752. The second kappa shape index (κ2) is 8.50. The molecule has 1 heterocycles. The van der Waals surface area contributed by atoms with Crippen LogP contribution in [-0.2, 0) is 17.0 Å². The van der Waals surface area contributed by atoms with E-state index in [0.717, 1.165) is 12.2 Å². The van der Waals surface area contributed by atoms with Crippen molar-refractivity contribution in [1.82, 2.24) is 5.32 Å². The summed E-state index contributed by atoms with van der Waals surface area (Å²) in [7, 11) is 1.67. The fourth-order valence-corrected chi connectivity index (χ4v) is 1.86. The van der Waals surface area contributed by atoms with Crippen molar-refractivity contribution in [2.45, 2.75) is 37.4 Å². The molecule has 0 aliphatic rings. The van der Waals surface area contributed by atoms with Gasteiger partial charge in [0.05, 0.1) is 12.3 Å². The van der Waals surface area contributed by atoms with E-state index in [2.05, 4.69) is 12.2 Å². The fourth-order valence-electron chi connectivity index (χ4n) is 1.41. The summed E-state index contributed by atoms with van der Waals surface area (Å²) in [6, 6.07) is 3.89. The van der Waals surface area contributed by atoms with Gasteiger partial charge in [0.2, 0.25) is 0 Å². The number of thioether (sulfide) groups is 1. The smallest absolute Gasteiger partial charge is 0.284 e. The van der Waals surface area contributed by atoms with E-state index in [0.29, 0.717) is 36.7 Å². The van der Waals surface area contributed by atoms with Gasteiger partial charge in [-0.15, -0.1) is 0 Å². The number of rotatable bonds is 9. The number of methoxy groups -OCH3 is 1. The van der Waals surface area contributed by atoms with E-state index in [4.69, 9.17) is 9.15 Å². The van der Waals surface area contributed by atoms with Gasteiger partial charge in [0.1, 0.15) is 11.5 Å². The molecule has 0 bridgehead atoms. The van der Waals surface area contributed by atoms with Crippen molar-refractivity contribution in [3.8, 4) is 0 Å². The number of ether oxygens (including phenoxy) is 1. The van der Waals surface area contributed by atoms with Crippen molar-refractivity contribution in [1.29, 1.82) is 0 Å². The highest BCUT2D eigenvalue weighted by Crippen LogP contribution is 2.21. The van der Waals surface area contributed by atoms with E-state index in [1.807, 2.05) is 6.07 Å². The number of alkyl halides is 2. The van der Waals surface area contributed by atoms with E-state index in [9.17, 15) is 8.78 Å². The summed E-state index contributed by atoms with van der Waals surface area (Å²) in [4.78, 5) is 0. The van der Waals surface area contributed by atoms with Crippen molar-refractivity contribution >= 4 is 11.8 Å². The molecule has 1 unspecified atom stereocenters. The van der Waals surface area contributed by atoms with Gasteiger partial charge in [0.15, 0.2) is 0 Å². The standard InChI is InChI=1S/C12H19F2NO2S/c1-9(5-6-16-2)15-7-10-3-4-11(17-10)8-18-12(13)14/h3-4,9,12,15H,5-8H2,1-2H3. The molecule has 0 aromatic carbocycles. The van der Waals surface area contributed by atoms with Crippen molar-refractivity contribution in [2.24, 2.45) is 0 Å². The first-order valence-electron chi connectivity index (χ1n) is 5.81. The van der Waals surface area contributed by atoms with E-state index >= 15 is 0 Å². The normalized spacial score (nSPS) is 13.2. The third-order valence-electron chi connectivity index (χ3n) is 2.45. The van der Waals surface area contributed by atoms with E-state index in [1.165, 1.54) is 0 Å². The second-order valence-electron chi connectivity index (χ2n) is 4.00. The average molecular weight is 279 g/mol. The molecule has 0 aliphatic carbocycles. The summed E-state index contributed by atoms with van der Waals surface area (Å²) >= 11 is 0.569. The Morgan fingerprint density at radius 1 is 1.39 bits per heavy atom. The summed E-state index contributed by atoms with van der Waals surface area (Å²) < 4.78 is 34.4. The molecule has 1 atom stereocenters. The maximum atomic E-state index is 12.0. The van der Waals surface area contributed by atoms with Crippen LogP contribution in [0.2, 0.25) is 0 Å². The zero-order valence-electron chi connectivity index (χ0n) is 10.6. The molecule has 0 saturated carbocycles. The summed E-state index contributed by atoms with van der Waals surface area (Å²) in [5, 5.41) is 3.28. The molecule has 18 heavy (non-hydrogen) atoms. The Morgan fingerprint density at radius 2 is 2.11 bits per heavy atom. The molecule has 0 fully saturated rings. The minimum atomic E-state index is -2.36. The molecule has 0 saturated heterocycles. The molecular weight excluding hydrogens is 260 g/mol. The van der Waals surface area contributed by atoms with Crippen LogP contribution in [0.25, 0.3) is 0 Å².